The lowest BCUT2D eigenvalue weighted by Gasteiger charge is -2.35. The molecule has 0 aromatic heterocycles. The summed E-state index contributed by atoms with van der Waals surface area (Å²) in [6.07, 6.45) is 0.631. The molecule has 0 saturated carbocycles. The van der Waals surface area contributed by atoms with Gasteiger partial charge in [-0.3, -0.25) is 14.4 Å². The Morgan fingerprint density at radius 1 is 1.00 bits per heavy atom. The van der Waals surface area contributed by atoms with E-state index >= 15 is 0 Å². The predicted octanol–water partition coefficient (Wildman–Crippen LogP) is 1.89. The van der Waals surface area contributed by atoms with E-state index in [0.717, 1.165) is 0 Å². The lowest BCUT2D eigenvalue weighted by Crippen LogP contribution is -2.52. The van der Waals surface area contributed by atoms with E-state index in [1.54, 1.807) is 35.0 Å². The fourth-order valence-electron chi connectivity index (χ4n) is 2.96. The molecule has 26 heavy (non-hydrogen) atoms. The smallest absolute Gasteiger partial charge is 0.270 e. The van der Waals surface area contributed by atoms with E-state index in [0.29, 0.717) is 48.9 Å². The molecule has 1 saturated heterocycles. The Balaban J connectivity index is 1.63. The first-order chi connectivity index (χ1) is 12.4. The molecule has 2 aliphatic heterocycles. The maximum Gasteiger partial charge on any atom is 0.270 e. The van der Waals surface area contributed by atoms with Crippen LogP contribution in [0, 0.1) is 0 Å². The molecule has 1 aromatic rings. The monoisotopic (exact) mass is 396 g/mol. The molecule has 0 aliphatic carbocycles. The lowest BCUT2D eigenvalue weighted by molar-refractivity contribution is -0.131. The quantitative estimate of drug-likeness (QED) is 0.765. The fraction of sp³-hybridized carbons (Fsp3) is 0.412. The number of rotatable bonds is 2. The minimum Gasteiger partial charge on any atom is -0.335 e. The number of benzene rings is 1. The third kappa shape index (κ3) is 3.68. The van der Waals surface area contributed by atoms with Crippen LogP contribution >= 0.6 is 23.2 Å². The molecule has 0 unspecified atom stereocenters. The van der Waals surface area contributed by atoms with Crippen LogP contribution in [0.25, 0.3) is 0 Å². The van der Waals surface area contributed by atoms with Gasteiger partial charge in [-0.1, -0.05) is 29.3 Å². The number of carbonyl (C=O) groups excluding carboxylic acids is 3. The number of piperazine rings is 1. The number of halogens is 2. The Kier molecular flexibility index (Phi) is 5.48. The van der Waals surface area contributed by atoms with Gasteiger partial charge in [0, 0.05) is 46.1 Å². The van der Waals surface area contributed by atoms with Crippen LogP contribution in [-0.2, 0) is 9.59 Å². The average molecular weight is 397 g/mol. The summed E-state index contributed by atoms with van der Waals surface area (Å²) < 4.78 is 0. The molecule has 3 rings (SSSR count). The van der Waals surface area contributed by atoms with Crippen LogP contribution in [0.5, 0.6) is 0 Å². The minimum atomic E-state index is -0.204. The van der Waals surface area contributed by atoms with Crippen molar-refractivity contribution in [3.63, 3.8) is 0 Å². The SMILES string of the molecule is CN1N=C(C(=O)N2CCN(C(=O)c3cccc(Cl)c3Cl)CC2)CCC1=O. The van der Waals surface area contributed by atoms with E-state index < -0.39 is 0 Å². The molecular formula is C17H18Cl2N4O3. The molecule has 1 aromatic carbocycles. The number of hydrazone groups is 1. The van der Waals surface area contributed by atoms with Crippen LogP contribution in [0.4, 0.5) is 0 Å². The number of nitrogens with zero attached hydrogens (tertiary/aromatic N) is 4. The highest BCUT2D eigenvalue weighted by molar-refractivity contribution is 6.43. The summed E-state index contributed by atoms with van der Waals surface area (Å²) in [5.41, 5.74) is 0.737. The molecule has 0 N–H and O–H groups in total. The summed E-state index contributed by atoms with van der Waals surface area (Å²) in [5.74, 6) is -0.488. The summed E-state index contributed by atoms with van der Waals surface area (Å²) in [4.78, 5) is 40.0. The van der Waals surface area contributed by atoms with Crippen LogP contribution in [0.3, 0.4) is 0 Å². The normalized spacial score (nSPS) is 18.0. The van der Waals surface area contributed by atoms with Crippen molar-refractivity contribution in [2.24, 2.45) is 5.10 Å². The molecule has 0 bridgehead atoms. The first-order valence-corrected chi connectivity index (χ1v) is 9.00. The summed E-state index contributed by atoms with van der Waals surface area (Å²) in [6.45, 7) is 1.60. The van der Waals surface area contributed by atoms with E-state index in [2.05, 4.69) is 5.10 Å². The molecule has 0 atom stereocenters. The summed E-state index contributed by atoms with van der Waals surface area (Å²) in [6, 6.07) is 4.95. The molecule has 7 nitrogen and oxygen atoms in total. The van der Waals surface area contributed by atoms with Crippen LogP contribution in [-0.4, -0.2) is 71.5 Å². The van der Waals surface area contributed by atoms with E-state index in [4.69, 9.17) is 23.2 Å². The molecule has 1 fully saturated rings. The second-order valence-corrected chi connectivity index (χ2v) is 6.93. The maximum atomic E-state index is 12.6. The van der Waals surface area contributed by atoms with E-state index in [1.807, 2.05) is 0 Å². The predicted molar refractivity (Wildman–Crippen MR) is 98.4 cm³/mol. The highest BCUT2D eigenvalue weighted by Crippen LogP contribution is 2.26. The zero-order chi connectivity index (χ0) is 18.8. The molecular weight excluding hydrogens is 379 g/mol. The molecule has 9 heteroatoms. The van der Waals surface area contributed by atoms with Crippen LogP contribution in [0.1, 0.15) is 23.2 Å². The van der Waals surface area contributed by atoms with Crippen LogP contribution < -0.4 is 0 Å². The van der Waals surface area contributed by atoms with Crippen molar-refractivity contribution in [3.8, 4) is 0 Å². The van der Waals surface area contributed by atoms with Gasteiger partial charge in [-0.15, -0.1) is 0 Å². The third-order valence-corrected chi connectivity index (χ3v) is 5.31. The molecule has 3 amide bonds. The van der Waals surface area contributed by atoms with Gasteiger partial charge in [-0.2, -0.15) is 5.10 Å². The van der Waals surface area contributed by atoms with Crippen molar-refractivity contribution in [1.29, 1.82) is 0 Å². The Morgan fingerprint density at radius 3 is 2.23 bits per heavy atom. The van der Waals surface area contributed by atoms with Gasteiger partial charge < -0.3 is 9.80 Å². The first kappa shape index (κ1) is 18.7. The number of carbonyl (C=O) groups is 3. The minimum absolute atomic E-state index is 0.102. The Labute approximate surface area is 161 Å². The molecule has 0 spiro atoms. The molecule has 2 heterocycles. The Bertz CT molecular complexity index is 788. The summed E-state index contributed by atoms with van der Waals surface area (Å²) in [7, 11) is 1.54. The van der Waals surface area contributed by atoms with Crippen molar-refractivity contribution in [2.75, 3.05) is 33.2 Å². The van der Waals surface area contributed by atoms with Crippen molar-refractivity contribution >= 4 is 46.6 Å². The van der Waals surface area contributed by atoms with E-state index in [9.17, 15) is 14.4 Å². The molecule has 138 valence electrons. The zero-order valence-corrected chi connectivity index (χ0v) is 15.8. The highest BCUT2D eigenvalue weighted by Gasteiger charge is 2.30. The van der Waals surface area contributed by atoms with Crippen molar-refractivity contribution in [1.82, 2.24) is 14.8 Å². The van der Waals surface area contributed by atoms with Gasteiger partial charge in [0.2, 0.25) is 5.91 Å². The van der Waals surface area contributed by atoms with Crippen LogP contribution in [0.2, 0.25) is 10.0 Å². The highest BCUT2D eigenvalue weighted by atomic mass is 35.5. The standard InChI is InChI=1S/C17H18Cl2N4O3/c1-21-14(24)6-5-13(20-21)17(26)23-9-7-22(8-10-23)16(25)11-3-2-4-12(18)15(11)19/h2-4H,5-10H2,1H3. The average Bonchev–Trinajstić information content (AvgIpc) is 2.65. The zero-order valence-electron chi connectivity index (χ0n) is 14.2. The number of hydrogen-bond donors (Lipinski definition) is 0. The third-order valence-electron chi connectivity index (χ3n) is 4.49. The Morgan fingerprint density at radius 2 is 1.62 bits per heavy atom. The Hall–Kier alpha value is -2.12. The second-order valence-electron chi connectivity index (χ2n) is 6.15. The van der Waals surface area contributed by atoms with Gasteiger partial charge in [-0.05, 0) is 12.1 Å². The van der Waals surface area contributed by atoms with Gasteiger partial charge in [0.05, 0.1) is 15.6 Å². The summed E-state index contributed by atoms with van der Waals surface area (Å²) >= 11 is 12.1. The lowest BCUT2D eigenvalue weighted by atomic mass is 10.1. The van der Waals surface area contributed by atoms with E-state index in [-0.39, 0.29) is 29.2 Å². The number of hydrogen-bond acceptors (Lipinski definition) is 4. The van der Waals surface area contributed by atoms with Crippen LogP contribution in [0.15, 0.2) is 23.3 Å². The van der Waals surface area contributed by atoms with Gasteiger partial charge >= 0.3 is 0 Å². The maximum absolute atomic E-state index is 12.6. The topological polar surface area (TPSA) is 73.3 Å². The number of amides is 3. The van der Waals surface area contributed by atoms with Gasteiger partial charge in [0.1, 0.15) is 5.71 Å². The van der Waals surface area contributed by atoms with Crippen molar-refractivity contribution in [2.45, 2.75) is 12.8 Å². The first-order valence-electron chi connectivity index (χ1n) is 8.25. The van der Waals surface area contributed by atoms with Gasteiger partial charge in [0.25, 0.3) is 11.8 Å². The van der Waals surface area contributed by atoms with Crippen molar-refractivity contribution in [3.05, 3.63) is 33.8 Å². The van der Waals surface area contributed by atoms with Gasteiger partial charge in [-0.25, -0.2) is 5.01 Å². The van der Waals surface area contributed by atoms with E-state index in [1.165, 1.54) is 5.01 Å². The second kappa shape index (κ2) is 7.63. The molecule has 2 aliphatic rings. The molecule has 0 radical (unpaired) electrons. The van der Waals surface area contributed by atoms with Gasteiger partial charge in [0.15, 0.2) is 0 Å². The largest absolute Gasteiger partial charge is 0.335 e. The van der Waals surface area contributed by atoms with Crippen molar-refractivity contribution < 1.29 is 14.4 Å². The fourth-order valence-corrected chi connectivity index (χ4v) is 3.34. The summed E-state index contributed by atoms with van der Waals surface area (Å²) in [5, 5.41) is 5.84.